The van der Waals surface area contributed by atoms with Crippen LogP contribution in [-0.2, 0) is 13.6 Å². The zero-order valence-corrected chi connectivity index (χ0v) is 15.6. The van der Waals surface area contributed by atoms with E-state index in [1.165, 1.54) is 19.3 Å². The zero-order chi connectivity index (χ0) is 16.9. The molecule has 1 fully saturated rings. The van der Waals surface area contributed by atoms with E-state index in [1.807, 2.05) is 30.0 Å². The molecule has 130 valence electrons. The van der Waals surface area contributed by atoms with Gasteiger partial charge >= 0.3 is 0 Å². The van der Waals surface area contributed by atoms with Crippen LogP contribution in [0.15, 0.2) is 29.3 Å². The Hall–Kier alpha value is -1.69. The van der Waals surface area contributed by atoms with Gasteiger partial charge in [0.05, 0.1) is 11.0 Å². The highest BCUT2D eigenvalue weighted by atomic mass is 32.2. The first-order chi connectivity index (χ1) is 11.7. The molecule has 2 aromatic rings. The molecule has 0 aliphatic heterocycles. The van der Waals surface area contributed by atoms with Crippen LogP contribution in [0.2, 0.25) is 0 Å². The second-order valence-corrected chi connectivity index (χ2v) is 7.42. The summed E-state index contributed by atoms with van der Waals surface area (Å²) in [6.07, 6.45) is 5.95. The smallest absolute Gasteiger partial charge is 0.191 e. The summed E-state index contributed by atoms with van der Waals surface area (Å²) in [4.78, 5) is 9.46. The van der Waals surface area contributed by atoms with E-state index in [1.54, 1.807) is 0 Å². The number of fused-ring (bicyclic) bond motifs is 1. The molecule has 2 N–H and O–H groups in total. The van der Waals surface area contributed by atoms with Gasteiger partial charge in [-0.25, -0.2) is 9.98 Å². The summed E-state index contributed by atoms with van der Waals surface area (Å²) >= 11 is 1.98. The van der Waals surface area contributed by atoms with Gasteiger partial charge in [-0.05, 0) is 44.6 Å². The summed E-state index contributed by atoms with van der Waals surface area (Å²) in [5.41, 5.74) is 2.18. The number of benzene rings is 1. The zero-order valence-electron chi connectivity index (χ0n) is 14.7. The summed E-state index contributed by atoms with van der Waals surface area (Å²) in [7, 11) is 2.06. The van der Waals surface area contributed by atoms with Crippen molar-refractivity contribution < 1.29 is 0 Å². The van der Waals surface area contributed by atoms with Crippen LogP contribution in [-0.4, -0.2) is 39.6 Å². The summed E-state index contributed by atoms with van der Waals surface area (Å²) in [6, 6.07) is 8.75. The number of hydrogen-bond donors (Lipinski definition) is 2. The van der Waals surface area contributed by atoms with Gasteiger partial charge in [0.15, 0.2) is 5.96 Å². The predicted molar refractivity (Wildman–Crippen MR) is 104 cm³/mol. The third kappa shape index (κ3) is 3.86. The molecular weight excluding hydrogens is 318 g/mol. The molecule has 1 aromatic heterocycles. The molecule has 0 bridgehead atoms. The maximum absolute atomic E-state index is 4.76. The molecule has 2 atom stereocenters. The van der Waals surface area contributed by atoms with E-state index in [-0.39, 0.29) is 0 Å². The standard InChI is InChI=1S/C18H27N5S/c1-4-19-18(21-13-9-10-14(11-13)24-3)20-12-17-22-15-7-5-6-8-16(15)23(17)2/h5-8,13-14H,4,9-12H2,1-3H3,(H2,19,20,21). The average molecular weight is 346 g/mol. The van der Waals surface area contributed by atoms with Gasteiger partial charge in [-0.15, -0.1) is 0 Å². The number of rotatable bonds is 5. The third-order valence-corrected chi connectivity index (χ3v) is 5.76. The lowest BCUT2D eigenvalue weighted by molar-refractivity contribution is 0.614. The molecule has 24 heavy (non-hydrogen) atoms. The van der Waals surface area contributed by atoms with Crippen LogP contribution in [0.3, 0.4) is 0 Å². The van der Waals surface area contributed by atoms with Crippen molar-refractivity contribution in [1.82, 2.24) is 20.2 Å². The molecule has 0 radical (unpaired) electrons. The lowest BCUT2D eigenvalue weighted by atomic mass is 10.2. The fourth-order valence-electron chi connectivity index (χ4n) is 3.29. The van der Waals surface area contributed by atoms with E-state index < -0.39 is 0 Å². The number of guanidine groups is 1. The van der Waals surface area contributed by atoms with Crippen molar-refractivity contribution in [2.75, 3.05) is 12.8 Å². The van der Waals surface area contributed by atoms with Crippen molar-refractivity contribution in [1.29, 1.82) is 0 Å². The number of imidazole rings is 1. The van der Waals surface area contributed by atoms with Crippen molar-refractivity contribution in [3.63, 3.8) is 0 Å². The van der Waals surface area contributed by atoms with E-state index in [0.717, 1.165) is 34.6 Å². The van der Waals surface area contributed by atoms with E-state index in [2.05, 4.69) is 41.5 Å². The number of aryl methyl sites for hydroxylation is 1. The van der Waals surface area contributed by atoms with Gasteiger partial charge in [-0.1, -0.05) is 12.1 Å². The van der Waals surface area contributed by atoms with Crippen LogP contribution in [0.1, 0.15) is 32.0 Å². The summed E-state index contributed by atoms with van der Waals surface area (Å²) in [5.74, 6) is 1.89. The minimum atomic E-state index is 0.528. The van der Waals surface area contributed by atoms with Crippen molar-refractivity contribution in [3.8, 4) is 0 Å². The lowest BCUT2D eigenvalue weighted by Crippen LogP contribution is -2.42. The Morgan fingerprint density at radius 2 is 2.21 bits per heavy atom. The monoisotopic (exact) mass is 345 g/mol. The van der Waals surface area contributed by atoms with Crippen LogP contribution in [0, 0.1) is 0 Å². The van der Waals surface area contributed by atoms with Crippen molar-refractivity contribution in [2.24, 2.45) is 12.0 Å². The maximum Gasteiger partial charge on any atom is 0.191 e. The molecule has 5 nitrogen and oxygen atoms in total. The second-order valence-electron chi connectivity index (χ2n) is 6.28. The van der Waals surface area contributed by atoms with Crippen LogP contribution < -0.4 is 10.6 Å². The largest absolute Gasteiger partial charge is 0.357 e. The van der Waals surface area contributed by atoms with Crippen LogP contribution in [0.5, 0.6) is 0 Å². The molecule has 0 saturated heterocycles. The maximum atomic E-state index is 4.76. The van der Waals surface area contributed by atoms with Crippen LogP contribution in [0.4, 0.5) is 0 Å². The second kappa shape index (κ2) is 7.92. The van der Waals surface area contributed by atoms with E-state index in [9.17, 15) is 0 Å². The Balaban J connectivity index is 1.70. The Morgan fingerprint density at radius 1 is 1.38 bits per heavy atom. The Kier molecular flexibility index (Phi) is 5.66. The molecule has 0 amide bonds. The van der Waals surface area contributed by atoms with Gasteiger partial charge in [-0.3, -0.25) is 0 Å². The highest BCUT2D eigenvalue weighted by Gasteiger charge is 2.24. The molecule has 1 aliphatic rings. The van der Waals surface area contributed by atoms with Gasteiger partial charge in [0.1, 0.15) is 12.4 Å². The molecule has 2 unspecified atom stereocenters. The number of para-hydroxylation sites is 2. The number of thioether (sulfide) groups is 1. The van der Waals surface area contributed by atoms with Crippen molar-refractivity contribution in [2.45, 2.75) is 44.0 Å². The van der Waals surface area contributed by atoms with Gasteiger partial charge < -0.3 is 15.2 Å². The SMILES string of the molecule is CCNC(=NCc1nc2ccccc2n1C)NC1CCC(SC)C1. The Morgan fingerprint density at radius 3 is 2.92 bits per heavy atom. The minimum Gasteiger partial charge on any atom is -0.357 e. The molecular formula is C18H27N5S. The van der Waals surface area contributed by atoms with E-state index in [0.29, 0.717) is 12.6 Å². The number of nitrogens with one attached hydrogen (secondary N) is 2. The van der Waals surface area contributed by atoms with Gasteiger partial charge in [0, 0.05) is 24.9 Å². The Labute approximate surface area is 148 Å². The van der Waals surface area contributed by atoms with Crippen molar-refractivity contribution in [3.05, 3.63) is 30.1 Å². The number of aliphatic imine (C=N–C) groups is 1. The molecule has 0 spiro atoms. The molecule has 1 heterocycles. The highest BCUT2D eigenvalue weighted by molar-refractivity contribution is 7.99. The quantitative estimate of drug-likeness (QED) is 0.646. The van der Waals surface area contributed by atoms with E-state index >= 15 is 0 Å². The van der Waals surface area contributed by atoms with Crippen molar-refractivity contribution >= 4 is 28.8 Å². The number of aromatic nitrogens is 2. The molecule has 6 heteroatoms. The summed E-state index contributed by atoms with van der Waals surface area (Å²) < 4.78 is 2.13. The molecule has 1 saturated carbocycles. The minimum absolute atomic E-state index is 0.528. The topological polar surface area (TPSA) is 54.2 Å². The normalized spacial score (nSPS) is 21.4. The first-order valence-electron chi connectivity index (χ1n) is 8.69. The van der Waals surface area contributed by atoms with Gasteiger partial charge in [0.25, 0.3) is 0 Å². The summed E-state index contributed by atoms with van der Waals surface area (Å²) in [6.45, 7) is 3.55. The molecule has 3 rings (SSSR count). The third-order valence-electron chi connectivity index (χ3n) is 4.66. The number of hydrogen-bond acceptors (Lipinski definition) is 3. The van der Waals surface area contributed by atoms with Gasteiger partial charge in [0.2, 0.25) is 0 Å². The lowest BCUT2D eigenvalue weighted by Gasteiger charge is -2.17. The number of nitrogens with zero attached hydrogens (tertiary/aromatic N) is 3. The highest BCUT2D eigenvalue weighted by Crippen LogP contribution is 2.28. The first kappa shape index (κ1) is 17.1. The molecule has 1 aliphatic carbocycles. The summed E-state index contributed by atoms with van der Waals surface area (Å²) in [5, 5.41) is 7.74. The fourth-order valence-corrected chi connectivity index (χ4v) is 4.08. The van der Waals surface area contributed by atoms with Crippen LogP contribution in [0.25, 0.3) is 11.0 Å². The average Bonchev–Trinajstić information content (AvgIpc) is 3.18. The van der Waals surface area contributed by atoms with Crippen LogP contribution >= 0.6 is 11.8 Å². The molecule has 1 aromatic carbocycles. The van der Waals surface area contributed by atoms with E-state index in [4.69, 9.17) is 9.98 Å². The first-order valence-corrected chi connectivity index (χ1v) is 9.98. The fraction of sp³-hybridized carbons (Fsp3) is 0.556. The Bertz CT molecular complexity index is 708. The van der Waals surface area contributed by atoms with Gasteiger partial charge in [-0.2, -0.15) is 11.8 Å². The predicted octanol–water partition coefficient (Wildman–Crippen LogP) is 2.91.